The van der Waals surface area contributed by atoms with Crippen LogP contribution < -0.4 is 4.74 Å². The number of halogens is 1. The van der Waals surface area contributed by atoms with E-state index >= 15 is 0 Å². The van der Waals surface area contributed by atoms with Gasteiger partial charge < -0.3 is 9.64 Å². The van der Waals surface area contributed by atoms with Crippen molar-refractivity contribution < 1.29 is 13.9 Å². The van der Waals surface area contributed by atoms with Gasteiger partial charge in [-0.2, -0.15) is 5.10 Å². The van der Waals surface area contributed by atoms with Crippen LogP contribution in [-0.4, -0.2) is 43.6 Å². The van der Waals surface area contributed by atoms with Gasteiger partial charge in [0.05, 0.1) is 0 Å². The topological polar surface area (TPSA) is 73.1 Å². The maximum atomic E-state index is 13.1. The van der Waals surface area contributed by atoms with Gasteiger partial charge in [-0.1, -0.05) is 0 Å². The molecule has 0 radical (unpaired) electrons. The van der Waals surface area contributed by atoms with E-state index in [1.807, 2.05) is 4.90 Å². The SMILES string of the molecule is O=C(Cn1cccn1)N1CCC(c2nccnc2Oc2ccc(F)cc2)CC1. The molecule has 8 heteroatoms. The molecule has 1 saturated heterocycles. The Kier molecular flexibility index (Phi) is 5.27. The minimum atomic E-state index is -0.320. The average molecular weight is 381 g/mol. The Morgan fingerprint density at radius 1 is 1.11 bits per heavy atom. The summed E-state index contributed by atoms with van der Waals surface area (Å²) in [7, 11) is 0. The fraction of sp³-hybridized carbons (Fsp3) is 0.300. The maximum Gasteiger partial charge on any atom is 0.244 e. The van der Waals surface area contributed by atoms with E-state index in [4.69, 9.17) is 4.74 Å². The highest BCUT2D eigenvalue weighted by Gasteiger charge is 2.27. The average Bonchev–Trinajstić information content (AvgIpc) is 3.23. The van der Waals surface area contributed by atoms with Gasteiger partial charge in [0, 0.05) is 43.8 Å². The van der Waals surface area contributed by atoms with Crippen molar-refractivity contribution in [2.45, 2.75) is 25.3 Å². The van der Waals surface area contributed by atoms with E-state index in [0.29, 0.717) is 24.7 Å². The molecule has 0 N–H and O–H groups in total. The summed E-state index contributed by atoms with van der Waals surface area (Å²) in [4.78, 5) is 23.1. The van der Waals surface area contributed by atoms with Crippen molar-refractivity contribution in [3.05, 3.63) is 66.6 Å². The van der Waals surface area contributed by atoms with Crippen LogP contribution in [0.4, 0.5) is 4.39 Å². The Balaban J connectivity index is 1.40. The molecule has 1 fully saturated rings. The summed E-state index contributed by atoms with van der Waals surface area (Å²) in [6.45, 7) is 1.55. The predicted octanol–water partition coefficient (Wildman–Crippen LogP) is 3.01. The number of carbonyl (C=O) groups excluding carboxylic acids is 1. The molecule has 3 aromatic rings. The first-order chi connectivity index (χ1) is 13.7. The number of carbonyl (C=O) groups is 1. The van der Waals surface area contributed by atoms with E-state index in [1.54, 1.807) is 47.7 Å². The quantitative estimate of drug-likeness (QED) is 0.679. The number of ether oxygens (including phenoxy) is 1. The van der Waals surface area contributed by atoms with Crippen LogP contribution in [0.15, 0.2) is 55.1 Å². The number of hydrogen-bond acceptors (Lipinski definition) is 5. The third-order valence-corrected chi connectivity index (χ3v) is 4.81. The first-order valence-corrected chi connectivity index (χ1v) is 9.18. The van der Waals surface area contributed by atoms with Crippen molar-refractivity contribution in [1.29, 1.82) is 0 Å². The molecule has 0 bridgehead atoms. The summed E-state index contributed by atoms with van der Waals surface area (Å²) in [5.74, 6) is 0.825. The van der Waals surface area contributed by atoms with Crippen LogP contribution in [0.5, 0.6) is 11.6 Å². The molecule has 0 spiro atoms. The second kappa shape index (κ2) is 8.16. The van der Waals surface area contributed by atoms with Gasteiger partial charge in [-0.25, -0.2) is 9.37 Å². The van der Waals surface area contributed by atoms with Crippen molar-refractivity contribution in [2.75, 3.05) is 13.1 Å². The standard InChI is InChI=1S/C20H20FN5O2/c21-16-2-4-17(5-3-16)28-20-19(22-9-10-23-20)15-6-12-25(13-7-15)18(27)14-26-11-1-8-24-26/h1-5,8-11,15H,6-7,12-14H2. The number of amides is 1. The van der Waals surface area contributed by atoms with Crippen LogP contribution in [0.3, 0.4) is 0 Å². The summed E-state index contributed by atoms with van der Waals surface area (Å²) in [5.41, 5.74) is 0.769. The zero-order valence-corrected chi connectivity index (χ0v) is 15.2. The van der Waals surface area contributed by atoms with Gasteiger partial charge in [-0.15, -0.1) is 0 Å². The first kappa shape index (κ1) is 18.1. The highest BCUT2D eigenvalue weighted by molar-refractivity contribution is 5.76. The molecule has 0 saturated carbocycles. The molecule has 7 nitrogen and oxygen atoms in total. The fourth-order valence-electron chi connectivity index (χ4n) is 3.34. The number of nitrogens with zero attached hydrogens (tertiary/aromatic N) is 5. The molecule has 1 aromatic carbocycles. The van der Waals surface area contributed by atoms with Crippen LogP contribution in [0.25, 0.3) is 0 Å². The Hall–Kier alpha value is -3.29. The Labute approximate surface area is 161 Å². The highest BCUT2D eigenvalue weighted by atomic mass is 19.1. The molecule has 1 aliphatic heterocycles. The van der Waals surface area contributed by atoms with Crippen molar-refractivity contribution in [1.82, 2.24) is 24.6 Å². The van der Waals surface area contributed by atoms with Crippen LogP contribution in [0.1, 0.15) is 24.5 Å². The zero-order valence-electron chi connectivity index (χ0n) is 15.2. The van der Waals surface area contributed by atoms with Gasteiger partial charge in [-0.05, 0) is 43.2 Å². The predicted molar refractivity (Wildman–Crippen MR) is 99.3 cm³/mol. The molecule has 28 heavy (non-hydrogen) atoms. The lowest BCUT2D eigenvalue weighted by molar-refractivity contribution is -0.133. The second-order valence-corrected chi connectivity index (χ2v) is 6.66. The number of aromatic nitrogens is 4. The summed E-state index contributed by atoms with van der Waals surface area (Å²) in [6, 6.07) is 7.61. The van der Waals surface area contributed by atoms with Crippen LogP contribution in [0.2, 0.25) is 0 Å². The first-order valence-electron chi connectivity index (χ1n) is 9.18. The van der Waals surface area contributed by atoms with Gasteiger partial charge in [0.15, 0.2) is 0 Å². The number of likely N-dealkylation sites (tertiary alicyclic amines) is 1. The van der Waals surface area contributed by atoms with Crippen LogP contribution in [-0.2, 0) is 11.3 Å². The zero-order chi connectivity index (χ0) is 19.3. The van der Waals surface area contributed by atoms with Gasteiger partial charge in [0.1, 0.15) is 23.8 Å². The van der Waals surface area contributed by atoms with Crippen LogP contribution >= 0.6 is 0 Å². The van der Waals surface area contributed by atoms with Gasteiger partial charge >= 0.3 is 0 Å². The minimum Gasteiger partial charge on any atom is -0.437 e. The molecule has 4 rings (SSSR count). The third kappa shape index (κ3) is 4.16. The molecule has 144 valence electrons. The summed E-state index contributed by atoms with van der Waals surface area (Å²) in [5, 5.41) is 4.08. The maximum absolute atomic E-state index is 13.1. The van der Waals surface area contributed by atoms with E-state index in [1.165, 1.54) is 12.1 Å². The highest BCUT2D eigenvalue weighted by Crippen LogP contribution is 2.33. The normalized spacial score (nSPS) is 14.8. The molecule has 1 aliphatic rings. The number of rotatable bonds is 5. The van der Waals surface area contributed by atoms with E-state index in [0.717, 1.165) is 18.5 Å². The van der Waals surface area contributed by atoms with Crippen molar-refractivity contribution in [3.63, 3.8) is 0 Å². The van der Waals surface area contributed by atoms with Gasteiger partial charge in [0.25, 0.3) is 0 Å². The van der Waals surface area contributed by atoms with Crippen molar-refractivity contribution in [3.8, 4) is 11.6 Å². The molecule has 0 aliphatic carbocycles. The van der Waals surface area contributed by atoms with Crippen molar-refractivity contribution in [2.24, 2.45) is 0 Å². The molecule has 1 amide bonds. The van der Waals surface area contributed by atoms with E-state index in [9.17, 15) is 9.18 Å². The molecular formula is C20H20FN5O2. The Morgan fingerprint density at radius 3 is 2.57 bits per heavy atom. The molecule has 0 unspecified atom stereocenters. The minimum absolute atomic E-state index is 0.0593. The Bertz CT molecular complexity index is 922. The lowest BCUT2D eigenvalue weighted by Crippen LogP contribution is -2.40. The summed E-state index contributed by atoms with van der Waals surface area (Å²) >= 11 is 0. The van der Waals surface area contributed by atoms with Gasteiger partial charge in [-0.3, -0.25) is 14.5 Å². The third-order valence-electron chi connectivity index (χ3n) is 4.81. The fourth-order valence-corrected chi connectivity index (χ4v) is 3.34. The molecule has 3 heterocycles. The number of piperidine rings is 1. The molecule has 0 atom stereocenters. The lowest BCUT2D eigenvalue weighted by atomic mass is 9.93. The van der Waals surface area contributed by atoms with E-state index in [2.05, 4.69) is 15.1 Å². The van der Waals surface area contributed by atoms with Gasteiger partial charge in [0.2, 0.25) is 11.8 Å². The Morgan fingerprint density at radius 2 is 1.86 bits per heavy atom. The lowest BCUT2D eigenvalue weighted by Gasteiger charge is -2.32. The number of benzene rings is 1. The molecule has 2 aromatic heterocycles. The summed E-state index contributed by atoms with van der Waals surface area (Å²) < 4.78 is 20.6. The second-order valence-electron chi connectivity index (χ2n) is 6.66. The largest absolute Gasteiger partial charge is 0.437 e. The van der Waals surface area contributed by atoms with E-state index < -0.39 is 0 Å². The number of hydrogen-bond donors (Lipinski definition) is 0. The van der Waals surface area contributed by atoms with Crippen LogP contribution in [0, 0.1) is 5.82 Å². The summed E-state index contributed by atoms with van der Waals surface area (Å²) in [6.07, 6.45) is 8.22. The smallest absolute Gasteiger partial charge is 0.244 e. The van der Waals surface area contributed by atoms with Crippen molar-refractivity contribution >= 4 is 5.91 Å². The molecular weight excluding hydrogens is 361 g/mol. The monoisotopic (exact) mass is 381 g/mol. The van der Waals surface area contributed by atoms with E-state index in [-0.39, 0.29) is 24.2 Å².